The second-order valence-corrected chi connectivity index (χ2v) is 7.15. The van der Waals surface area contributed by atoms with Crippen molar-refractivity contribution in [3.05, 3.63) is 65.3 Å². The van der Waals surface area contributed by atoms with Crippen molar-refractivity contribution in [2.45, 2.75) is 12.8 Å². The summed E-state index contributed by atoms with van der Waals surface area (Å²) >= 11 is 6.32. The normalized spacial score (nSPS) is 15.8. The van der Waals surface area contributed by atoms with Crippen LogP contribution in [0.15, 0.2) is 54.7 Å². The molecular weight excluding hydrogens is 330 g/mol. The predicted molar refractivity (Wildman–Crippen MR) is 107 cm³/mol. The minimum atomic E-state index is 0.857. The fourth-order valence-electron chi connectivity index (χ4n) is 3.75. The Hall–Kier alpha value is -1.97. The van der Waals surface area contributed by atoms with E-state index in [0.717, 1.165) is 44.2 Å². The van der Waals surface area contributed by atoms with Crippen molar-refractivity contribution in [1.82, 2.24) is 9.88 Å². The Labute approximate surface area is 154 Å². The molecule has 1 saturated heterocycles. The van der Waals surface area contributed by atoms with Crippen LogP contribution in [0.3, 0.4) is 0 Å². The Morgan fingerprint density at radius 2 is 1.68 bits per heavy atom. The highest BCUT2D eigenvalue weighted by Gasteiger charge is 2.18. The lowest BCUT2D eigenvalue weighted by Crippen LogP contribution is -2.46. The van der Waals surface area contributed by atoms with E-state index in [1.165, 1.54) is 28.6 Å². The van der Waals surface area contributed by atoms with E-state index < -0.39 is 0 Å². The molecule has 1 N–H and O–H groups in total. The minimum absolute atomic E-state index is 0.857. The number of aromatic nitrogens is 1. The molecule has 0 atom stereocenters. The summed E-state index contributed by atoms with van der Waals surface area (Å²) in [6.45, 7) is 5.49. The van der Waals surface area contributed by atoms with E-state index in [1.54, 1.807) is 0 Å². The Morgan fingerprint density at radius 1 is 0.920 bits per heavy atom. The number of fused-ring (bicyclic) bond motifs is 1. The smallest absolute Gasteiger partial charge is 0.0639 e. The van der Waals surface area contributed by atoms with Gasteiger partial charge in [-0.25, -0.2) is 0 Å². The van der Waals surface area contributed by atoms with E-state index in [9.17, 15) is 0 Å². The number of nitrogens with one attached hydrogen (secondary N) is 1. The number of aryl methyl sites for hydroxylation is 1. The number of H-pyrrole nitrogens is 1. The second-order valence-electron chi connectivity index (χ2n) is 6.74. The van der Waals surface area contributed by atoms with Gasteiger partial charge in [-0.1, -0.05) is 41.9 Å². The number of rotatable bonds is 5. The third kappa shape index (κ3) is 3.68. The average Bonchev–Trinajstić information content (AvgIpc) is 3.06. The maximum atomic E-state index is 6.32. The van der Waals surface area contributed by atoms with Gasteiger partial charge in [0.05, 0.1) is 10.7 Å². The average molecular weight is 354 g/mol. The molecule has 0 aliphatic carbocycles. The van der Waals surface area contributed by atoms with Crippen LogP contribution in [0.5, 0.6) is 0 Å². The topological polar surface area (TPSA) is 22.3 Å². The molecule has 2 heterocycles. The summed E-state index contributed by atoms with van der Waals surface area (Å²) in [7, 11) is 0. The second kappa shape index (κ2) is 7.51. The van der Waals surface area contributed by atoms with Crippen LogP contribution in [0, 0.1) is 0 Å². The number of aromatic amines is 1. The van der Waals surface area contributed by atoms with Crippen LogP contribution >= 0.6 is 11.6 Å². The number of benzene rings is 2. The highest BCUT2D eigenvalue weighted by Crippen LogP contribution is 2.26. The molecule has 4 heteroatoms. The van der Waals surface area contributed by atoms with E-state index >= 15 is 0 Å². The zero-order chi connectivity index (χ0) is 17.1. The third-order valence-electron chi connectivity index (χ3n) is 5.16. The molecule has 0 radical (unpaired) electrons. The summed E-state index contributed by atoms with van der Waals surface area (Å²) < 4.78 is 0. The van der Waals surface area contributed by atoms with Gasteiger partial charge in [0.25, 0.3) is 0 Å². The van der Waals surface area contributed by atoms with Crippen LogP contribution in [0.2, 0.25) is 5.02 Å². The highest BCUT2D eigenvalue weighted by molar-refractivity contribution is 6.33. The van der Waals surface area contributed by atoms with Crippen molar-refractivity contribution in [1.29, 1.82) is 0 Å². The molecule has 25 heavy (non-hydrogen) atoms. The van der Waals surface area contributed by atoms with Gasteiger partial charge in [0.1, 0.15) is 0 Å². The lowest BCUT2D eigenvalue weighted by Gasteiger charge is -2.36. The van der Waals surface area contributed by atoms with E-state index in [0.29, 0.717) is 0 Å². The summed E-state index contributed by atoms with van der Waals surface area (Å²) in [5.41, 5.74) is 3.85. The van der Waals surface area contributed by atoms with Gasteiger partial charge in [0.2, 0.25) is 0 Å². The van der Waals surface area contributed by atoms with Gasteiger partial charge in [0.15, 0.2) is 0 Å². The van der Waals surface area contributed by atoms with Crippen LogP contribution in [0.4, 0.5) is 5.69 Å². The Kier molecular flexibility index (Phi) is 4.95. The lowest BCUT2D eigenvalue weighted by atomic mass is 10.1. The lowest BCUT2D eigenvalue weighted by molar-refractivity contribution is 0.255. The molecule has 0 spiro atoms. The van der Waals surface area contributed by atoms with Crippen molar-refractivity contribution < 1.29 is 0 Å². The zero-order valence-corrected chi connectivity index (χ0v) is 15.2. The number of anilines is 1. The van der Waals surface area contributed by atoms with Crippen LogP contribution in [-0.2, 0) is 6.42 Å². The maximum absolute atomic E-state index is 6.32. The first kappa shape index (κ1) is 16.5. The minimum Gasteiger partial charge on any atom is -0.368 e. The molecular formula is C21H24ClN3. The predicted octanol–water partition coefficient (Wildman–Crippen LogP) is 4.58. The third-order valence-corrected chi connectivity index (χ3v) is 5.48. The first-order valence-electron chi connectivity index (χ1n) is 9.08. The van der Waals surface area contributed by atoms with Crippen molar-refractivity contribution in [3.8, 4) is 0 Å². The molecule has 1 fully saturated rings. The summed E-state index contributed by atoms with van der Waals surface area (Å²) in [5.74, 6) is 0. The molecule has 3 nitrogen and oxygen atoms in total. The van der Waals surface area contributed by atoms with Crippen LogP contribution in [-0.4, -0.2) is 42.6 Å². The fraction of sp³-hybridized carbons (Fsp3) is 0.333. The van der Waals surface area contributed by atoms with Gasteiger partial charge in [-0.3, -0.25) is 4.90 Å². The first-order chi connectivity index (χ1) is 12.3. The van der Waals surface area contributed by atoms with Crippen molar-refractivity contribution >= 4 is 28.2 Å². The standard InChI is InChI=1S/C21H24ClN3/c22-19-8-2-4-10-21(19)25-14-12-24(13-15-25)11-5-6-17-16-23-20-9-3-1-7-18(17)20/h1-4,7-10,16,23H,5-6,11-15H2. The summed E-state index contributed by atoms with van der Waals surface area (Å²) in [4.78, 5) is 8.35. The monoisotopic (exact) mass is 353 g/mol. The quantitative estimate of drug-likeness (QED) is 0.725. The van der Waals surface area contributed by atoms with Gasteiger partial charge >= 0.3 is 0 Å². The molecule has 1 aliphatic heterocycles. The molecule has 130 valence electrons. The van der Waals surface area contributed by atoms with Gasteiger partial charge in [-0.2, -0.15) is 0 Å². The Bertz CT molecular complexity index is 834. The number of para-hydroxylation sites is 2. The van der Waals surface area contributed by atoms with E-state index in [2.05, 4.69) is 57.4 Å². The molecule has 0 bridgehead atoms. The first-order valence-corrected chi connectivity index (χ1v) is 9.46. The summed E-state index contributed by atoms with van der Waals surface area (Å²) in [5, 5.41) is 2.22. The molecule has 3 aromatic rings. The number of hydrogen-bond donors (Lipinski definition) is 1. The Morgan fingerprint density at radius 3 is 2.52 bits per heavy atom. The summed E-state index contributed by atoms with van der Waals surface area (Å²) in [6, 6.07) is 16.7. The van der Waals surface area contributed by atoms with Crippen molar-refractivity contribution in [3.63, 3.8) is 0 Å². The SMILES string of the molecule is Clc1ccccc1N1CCN(CCCc2c[nH]c3ccccc23)CC1. The number of piperazine rings is 1. The molecule has 1 aromatic heterocycles. The number of hydrogen-bond acceptors (Lipinski definition) is 2. The maximum Gasteiger partial charge on any atom is 0.0639 e. The van der Waals surface area contributed by atoms with Gasteiger partial charge in [-0.05, 0) is 43.1 Å². The molecule has 0 unspecified atom stereocenters. The van der Waals surface area contributed by atoms with Crippen LogP contribution in [0.25, 0.3) is 10.9 Å². The zero-order valence-electron chi connectivity index (χ0n) is 14.4. The number of nitrogens with zero attached hydrogens (tertiary/aromatic N) is 2. The Balaban J connectivity index is 1.27. The fourth-order valence-corrected chi connectivity index (χ4v) is 4.01. The van der Waals surface area contributed by atoms with E-state index in [-0.39, 0.29) is 0 Å². The van der Waals surface area contributed by atoms with Crippen molar-refractivity contribution in [2.75, 3.05) is 37.6 Å². The van der Waals surface area contributed by atoms with Crippen LogP contribution in [0.1, 0.15) is 12.0 Å². The molecule has 0 amide bonds. The van der Waals surface area contributed by atoms with Crippen LogP contribution < -0.4 is 4.90 Å². The molecule has 0 saturated carbocycles. The van der Waals surface area contributed by atoms with E-state index in [4.69, 9.17) is 11.6 Å². The molecule has 4 rings (SSSR count). The highest BCUT2D eigenvalue weighted by atomic mass is 35.5. The largest absolute Gasteiger partial charge is 0.368 e. The molecule has 1 aliphatic rings. The molecule has 2 aromatic carbocycles. The van der Waals surface area contributed by atoms with Gasteiger partial charge in [-0.15, -0.1) is 0 Å². The summed E-state index contributed by atoms with van der Waals surface area (Å²) in [6.07, 6.45) is 4.50. The van der Waals surface area contributed by atoms with Crippen molar-refractivity contribution in [2.24, 2.45) is 0 Å². The van der Waals surface area contributed by atoms with Gasteiger partial charge < -0.3 is 9.88 Å². The van der Waals surface area contributed by atoms with E-state index in [1.807, 2.05) is 12.1 Å². The number of halogens is 1. The van der Waals surface area contributed by atoms with Gasteiger partial charge in [0, 0.05) is 43.3 Å².